The average molecular weight is 330 g/mol. The van der Waals surface area contributed by atoms with Crippen molar-refractivity contribution in [3.8, 4) is 0 Å². The summed E-state index contributed by atoms with van der Waals surface area (Å²) < 4.78 is 4.85. The summed E-state index contributed by atoms with van der Waals surface area (Å²) in [5, 5.41) is 6.83. The normalized spacial score (nSPS) is 10.0. The molecule has 0 atom stereocenters. The van der Waals surface area contributed by atoms with Gasteiger partial charge in [-0.15, -0.1) is 12.4 Å². The second-order valence-electron chi connectivity index (χ2n) is 4.64. The Balaban J connectivity index is 0.00000220. The summed E-state index contributed by atoms with van der Waals surface area (Å²) in [4.78, 5) is 11.9. The highest BCUT2D eigenvalue weighted by molar-refractivity contribution is 6.29. The number of hydrogen-bond acceptors (Lipinski definition) is 4. The molecule has 7 heteroatoms. The molecule has 0 radical (unpaired) electrons. The van der Waals surface area contributed by atoms with E-state index in [2.05, 4.69) is 10.5 Å². The number of carbonyl (C=O) groups is 1. The van der Waals surface area contributed by atoms with Crippen LogP contribution in [-0.4, -0.2) is 11.1 Å². The Bertz CT molecular complexity index is 622. The van der Waals surface area contributed by atoms with Gasteiger partial charge < -0.3 is 15.6 Å². The topological polar surface area (TPSA) is 81.1 Å². The van der Waals surface area contributed by atoms with Gasteiger partial charge in [-0.2, -0.15) is 0 Å². The molecular weight excluding hydrogens is 313 g/mol. The lowest BCUT2D eigenvalue weighted by atomic mass is 10.1. The van der Waals surface area contributed by atoms with E-state index in [0.29, 0.717) is 24.2 Å². The fraction of sp³-hybridized carbons (Fsp3) is 0.286. The maximum absolute atomic E-state index is 11.9. The van der Waals surface area contributed by atoms with Crippen molar-refractivity contribution in [3.05, 3.63) is 40.2 Å². The fourth-order valence-corrected chi connectivity index (χ4v) is 2.13. The van der Waals surface area contributed by atoms with E-state index < -0.39 is 0 Å². The van der Waals surface area contributed by atoms with Gasteiger partial charge in [-0.05, 0) is 49.6 Å². The van der Waals surface area contributed by atoms with Crippen LogP contribution in [0, 0.1) is 13.8 Å². The Hall–Kier alpha value is -1.72. The number of amides is 1. The molecule has 5 nitrogen and oxygen atoms in total. The van der Waals surface area contributed by atoms with E-state index in [1.54, 1.807) is 19.1 Å². The summed E-state index contributed by atoms with van der Waals surface area (Å²) in [6.07, 6.45) is 0.789. The summed E-state index contributed by atoms with van der Waals surface area (Å²) >= 11 is 5.86. The van der Waals surface area contributed by atoms with Crippen LogP contribution >= 0.6 is 24.0 Å². The van der Waals surface area contributed by atoms with E-state index in [1.165, 1.54) is 0 Å². The Morgan fingerprint density at radius 1 is 1.43 bits per heavy atom. The van der Waals surface area contributed by atoms with Gasteiger partial charge in [-0.3, -0.25) is 4.79 Å². The molecule has 0 fully saturated rings. The summed E-state index contributed by atoms with van der Waals surface area (Å²) in [5.74, 6) is -0.102. The van der Waals surface area contributed by atoms with Crippen LogP contribution in [0.4, 0.5) is 11.4 Å². The zero-order chi connectivity index (χ0) is 14.7. The van der Waals surface area contributed by atoms with E-state index in [9.17, 15) is 4.79 Å². The summed E-state index contributed by atoms with van der Waals surface area (Å²) in [6, 6.07) is 5.40. The number of nitrogens with one attached hydrogen (secondary N) is 1. The van der Waals surface area contributed by atoms with Crippen molar-refractivity contribution >= 4 is 41.3 Å². The van der Waals surface area contributed by atoms with Crippen LogP contribution in [-0.2, 0) is 11.2 Å². The Labute approximate surface area is 134 Å². The van der Waals surface area contributed by atoms with Gasteiger partial charge in [-0.25, -0.2) is 0 Å². The third-order valence-electron chi connectivity index (χ3n) is 3.07. The second kappa shape index (κ2) is 7.33. The molecule has 1 heterocycles. The number of nitrogens with two attached hydrogens (primary N) is 1. The minimum atomic E-state index is -0.102. The number of aryl methyl sites for hydroxylation is 2. The van der Waals surface area contributed by atoms with Crippen molar-refractivity contribution in [1.29, 1.82) is 0 Å². The molecule has 2 aromatic rings. The summed E-state index contributed by atoms with van der Waals surface area (Å²) in [7, 11) is 0. The average Bonchev–Trinajstić information content (AvgIpc) is 2.71. The molecule has 1 amide bonds. The zero-order valence-corrected chi connectivity index (χ0v) is 13.3. The van der Waals surface area contributed by atoms with E-state index >= 15 is 0 Å². The van der Waals surface area contributed by atoms with Crippen molar-refractivity contribution in [1.82, 2.24) is 5.16 Å². The lowest BCUT2D eigenvalue weighted by molar-refractivity contribution is -0.116. The van der Waals surface area contributed by atoms with Crippen LogP contribution in [0.5, 0.6) is 0 Å². The molecule has 1 aromatic carbocycles. The van der Waals surface area contributed by atoms with Gasteiger partial charge in [0.15, 0.2) is 0 Å². The first-order valence-corrected chi connectivity index (χ1v) is 6.62. The van der Waals surface area contributed by atoms with Gasteiger partial charge >= 0.3 is 0 Å². The van der Waals surface area contributed by atoms with Gasteiger partial charge in [0.1, 0.15) is 0 Å². The van der Waals surface area contributed by atoms with Gasteiger partial charge in [0.05, 0.1) is 5.69 Å². The number of anilines is 2. The number of nitrogen functional groups attached to an aromatic ring is 1. The Morgan fingerprint density at radius 3 is 2.76 bits per heavy atom. The van der Waals surface area contributed by atoms with Crippen LogP contribution in [0.15, 0.2) is 22.7 Å². The monoisotopic (exact) mass is 329 g/mol. The molecule has 3 N–H and O–H groups in total. The first-order valence-electron chi connectivity index (χ1n) is 6.24. The number of carbonyl (C=O) groups excluding carboxylic acids is 1. The largest absolute Gasteiger partial charge is 0.399 e. The van der Waals surface area contributed by atoms with E-state index in [4.69, 9.17) is 21.9 Å². The molecule has 0 aliphatic carbocycles. The zero-order valence-electron chi connectivity index (χ0n) is 11.8. The molecule has 0 aliphatic rings. The van der Waals surface area contributed by atoms with Crippen LogP contribution in [0.25, 0.3) is 0 Å². The predicted octanol–water partition coefficient (Wildman–Crippen LogP) is 3.52. The molecule has 21 heavy (non-hydrogen) atoms. The highest BCUT2D eigenvalue weighted by atomic mass is 35.5. The summed E-state index contributed by atoms with van der Waals surface area (Å²) in [6.45, 7) is 3.71. The number of hydrogen-bond donors (Lipinski definition) is 2. The third-order valence-corrected chi connectivity index (χ3v) is 3.37. The number of aromatic nitrogens is 1. The van der Waals surface area contributed by atoms with Gasteiger partial charge in [0, 0.05) is 23.4 Å². The minimum Gasteiger partial charge on any atom is -0.399 e. The van der Waals surface area contributed by atoms with E-state index in [-0.39, 0.29) is 23.5 Å². The molecule has 0 aliphatic heterocycles. The second-order valence-corrected chi connectivity index (χ2v) is 4.99. The molecule has 0 spiro atoms. The predicted molar refractivity (Wildman–Crippen MR) is 86.0 cm³/mol. The highest BCUT2D eigenvalue weighted by Crippen LogP contribution is 2.22. The molecule has 0 saturated carbocycles. The van der Waals surface area contributed by atoms with Crippen molar-refractivity contribution < 1.29 is 9.32 Å². The number of nitrogens with zero attached hydrogens (tertiary/aromatic N) is 1. The van der Waals surface area contributed by atoms with E-state index in [1.807, 2.05) is 13.0 Å². The van der Waals surface area contributed by atoms with Crippen LogP contribution < -0.4 is 11.1 Å². The molecule has 0 saturated heterocycles. The molecular formula is C14H17Cl2N3O2. The quantitative estimate of drug-likeness (QED) is 0.841. The minimum absolute atomic E-state index is 0. The smallest absolute Gasteiger partial charge is 0.229 e. The van der Waals surface area contributed by atoms with Gasteiger partial charge in [0.2, 0.25) is 11.1 Å². The van der Waals surface area contributed by atoms with Gasteiger partial charge in [0.25, 0.3) is 0 Å². The Morgan fingerprint density at radius 2 is 2.14 bits per heavy atom. The van der Waals surface area contributed by atoms with Crippen molar-refractivity contribution in [2.45, 2.75) is 26.7 Å². The Kier molecular flexibility index (Phi) is 6.05. The molecule has 114 valence electrons. The molecule has 1 aromatic heterocycles. The molecule has 2 rings (SSSR count). The lowest BCUT2D eigenvalue weighted by Crippen LogP contribution is -2.13. The number of halogens is 2. The third kappa shape index (κ3) is 4.37. The van der Waals surface area contributed by atoms with Crippen molar-refractivity contribution in [2.75, 3.05) is 11.1 Å². The summed E-state index contributed by atoms with van der Waals surface area (Å²) in [5.41, 5.74) is 9.49. The van der Waals surface area contributed by atoms with Crippen molar-refractivity contribution in [3.63, 3.8) is 0 Å². The maximum atomic E-state index is 11.9. The SMILES string of the molecule is Cc1ccc(N)cc1NC(=O)CCc1c(C)noc1Cl.Cl. The molecule has 0 bridgehead atoms. The number of rotatable bonds is 4. The van der Waals surface area contributed by atoms with Crippen LogP contribution in [0.3, 0.4) is 0 Å². The molecule has 0 unspecified atom stereocenters. The van der Waals surface area contributed by atoms with Crippen LogP contribution in [0.1, 0.15) is 23.2 Å². The fourth-order valence-electron chi connectivity index (χ4n) is 1.87. The lowest BCUT2D eigenvalue weighted by Gasteiger charge is -2.09. The first kappa shape index (κ1) is 17.3. The first-order chi connectivity index (χ1) is 9.47. The van der Waals surface area contributed by atoms with Crippen molar-refractivity contribution in [2.24, 2.45) is 0 Å². The van der Waals surface area contributed by atoms with Gasteiger partial charge in [-0.1, -0.05) is 11.2 Å². The van der Waals surface area contributed by atoms with Crippen LogP contribution in [0.2, 0.25) is 5.22 Å². The highest BCUT2D eigenvalue weighted by Gasteiger charge is 2.13. The maximum Gasteiger partial charge on any atom is 0.229 e. The number of benzene rings is 1. The van der Waals surface area contributed by atoms with E-state index in [0.717, 1.165) is 16.8 Å². The standard InChI is InChI=1S/C14H16ClN3O2.ClH/c1-8-3-4-10(16)7-12(8)17-13(19)6-5-11-9(2)18-20-14(11)15;/h3-4,7H,5-6,16H2,1-2H3,(H,17,19);1H.